The van der Waals surface area contributed by atoms with Gasteiger partial charge in [-0.15, -0.1) is 0 Å². The molecule has 1 aromatic rings. The number of nitrogens with zero attached hydrogens (tertiary/aromatic N) is 1. The second-order valence-electron chi connectivity index (χ2n) is 4.16. The standard InChI is InChI=1S/C12H20N2O2/c1-9(15)7-14(2)8-10-4-11(13)6-12(5-10)16-3/h4-6,9,15H,7-8,13H2,1-3H3. The molecule has 1 rings (SSSR count). The van der Waals surface area contributed by atoms with Crippen LogP contribution in [0.2, 0.25) is 0 Å². The maximum absolute atomic E-state index is 9.27. The minimum atomic E-state index is -0.326. The zero-order chi connectivity index (χ0) is 12.1. The molecule has 0 bridgehead atoms. The lowest BCUT2D eigenvalue weighted by atomic mass is 10.1. The van der Waals surface area contributed by atoms with Crippen LogP contribution in [0.5, 0.6) is 5.75 Å². The van der Waals surface area contributed by atoms with Gasteiger partial charge in [-0.25, -0.2) is 0 Å². The van der Waals surface area contributed by atoms with Gasteiger partial charge >= 0.3 is 0 Å². The van der Waals surface area contributed by atoms with Crippen molar-refractivity contribution in [2.45, 2.75) is 19.6 Å². The summed E-state index contributed by atoms with van der Waals surface area (Å²) in [5, 5.41) is 9.27. The van der Waals surface area contributed by atoms with E-state index in [1.165, 1.54) is 0 Å². The molecule has 0 aliphatic heterocycles. The van der Waals surface area contributed by atoms with Crippen molar-refractivity contribution in [2.24, 2.45) is 0 Å². The summed E-state index contributed by atoms with van der Waals surface area (Å²) < 4.78 is 5.15. The van der Waals surface area contributed by atoms with Gasteiger partial charge in [0.05, 0.1) is 13.2 Å². The van der Waals surface area contributed by atoms with E-state index in [1.54, 1.807) is 20.1 Å². The van der Waals surface area contributed by atoms with Crippen LogP contribution in [0.15, 0.2) is 18.2 Å². The van der Waals surface area contributed by atoms with Crippen LogP contribution in [0.1, 0.15) is 12.5 Å². The number of rotatable bonds is 5. The van der Waals surface area contributed by atoms with E-state index in [-0.39, 0.29) is 6.10 Å². The molecule has 0 radical (unpaired) electrons. The van der Waals surface area contributed by atoms with Crippen molar-refractivity contribution in [1.82, 2.24) is 4.90 Å². The molecule has 0 aromatic heterocycles. The molecule has 1 aromatic carbocycles. The first-order chi connectivity index (χ1) is 7.51. The molecular weight excluding hydrogens is 204 g/mol. The fourth-order valence-electron chi connectivity index (χ4n) is 1.72. The molecule has 0 spiro atoms. The highest BCUT2D eigenvalue weighted by Gasteiger charge is 2.05. The van der Waals surface area contributed by atoms with Crippen LogP contribution in [0, 0.1) is 0 Å². The predicted molar refractivity (Wildman–Crippen MR) is 65.4 cm³/mol. The molecule has 1 atom stereocenters. The Labute approximate surface area is 96.6 Å². The fourth-order valence-corrected chi connectivity index (χ4v) is 1.72. The van der Waals surface area contributed by atoms with Gasteiger partial charge in [0.25, 0.3) is 0 Å². The van der Waals surface area contributed by atoms with E-state index in [4.69, 9.17) is 10.5 Å². The Hall–Kier alpha value is -1.26. The Kier molecular flexibility index (Phi) is 4.58. The van der Waals surface area contributed by atoms with E-state index in [2.05, 4.69) is 0 Å². The number of methoxy groups -OCH3 is 1. The monoisotopic (exact) mass is 224 g/mol. The second-order valence-corrected chi connectivity index (χ2v) is 4.16. The molecule has 0 heterocycles. The molecule has 4 heteroatoms. The highest BCUT2D eigenvalue weighted by molar-refractivity contribution is 5.47. The molecule has 90 valence electrons. The lowest BCUT2D eigenvalue weighted by Crippen LogP contribution is -2.26. The highest BCUT2D eigenvalue weighted by atomic mass is 16.5. The Bertz CT molecular complexity index is 340. The van der Waals surface area contributed by atoms with Crippen molar-refractivity contribution < 1.29 is 9.84 Å². The first kappa shape index (κ1) is 12.8. The Morgan fingerprint density at radius 3 is 2.69 bits per heavy atom. The predicted octanol–water partition coefficient (Wildman–Crippen LogP) is 1.09. The second kappa shape index (κ2) is 5.72. The molecule has 0 saturated heterocycles. The van der Waals surface area contributed by atoms with Crippen LogP contribution in [0.25, 0.3) is 0 Å². The highest BCUT2D eigenvalue weighted by Crippen LogP contribution is 2.19. The summed E-state index contributed by atoms with van der Waals surface area (Å²) in [6.45, 7) is 3.15. The zero-order valence-electron chi connectivity index (χ0n) is 10.1. The van der Waals surface area contributed by atoms with Crippen molar-refractivity contribution >= 4 is 5.69 Å². The van der Waals surface area contributed by atoms with Gasteiger partial charge in [0.2, 0.25) is 0 Å². The SMILES string of the molecule is COc1cc(N)cc(CN(C)CC(C)O)c1. The van der Waals surface area contributed by atoms with Crippen LogP contribution in [-0.4, -0.2) is 36.8 Å². The summed E-state index contributed by atoms with van der Waals surface area (Å²) in [4.78, 5) is 2.04. The lowest BCUT2D eigenvalue weighted by Gasteiger charge is -2.18. The topological polar surface area (TPSA) is 58.7 Å². The first-order valence-electron chi connectivity index (χ1n) is 5.31. The third-order valence-corrected chi connectivity index (χ3v) is 2.25. The number of nitrogen functional groups attached to an aromatic ring is 1. The number of ether oxygens (including phenoxy) is 1. The number of likely N-dealkylation sites (N-methyl/N-ethyl adjacent to an activating group) is 1. The molecule has 0 fully saturated rings. The summed E-state index contributed by atoms with van der Waals surface area (Å²) in [7, 11) is 3.58. The van der Waals surface area contributed by atoms with Crippen LogP contribution in [-0.2, 0) is 6.54 Å². The third kappa shape index (κ3) is 4.08. The molecule has 0 amide bonds. The molecule has 0 saturated carbocycles. The Morgan fingerprint density at radius 1 is 1.44 bits per heavy atom. The van der Waals surface area contributed by atoms with Crippen LogP contribution >= 0.6 is 0 Å². The van der Waals surface area contributed by atoms with Crippen molar-refractivity contribution in [1.29, 1.82) is 0 Å². The molecule has 16 heavy (non-hydrogen) atoms. The van der Waals surface area contributed by atoms with E-state index in [9.17, 15) is 5.11 Å². The smallest absolute Gasteiger partial charge is 0.121 e. The fraction of sp³-hybridized carbons (Fsp3) is 0.500. The number of nitrogens with two attached hydrogens (primary N) is 1. The van der Waals surface area contributed by atoms with Gasteiger partial charge in [-0.05, 0) is 31.7 Å². The average molecular weight is 224 g/mol. The van der Waals surface area contributed by atoms with Gasteiger partial charge in [-0.1, -0.05) is 0 Å². The zero-order valence-corrected chi connectivity index (χ0v) is 10.1. The van der Waals surface area contributed by atoms with E-state index < -0.39 is 0 Å². The maximum Gasteiger partial charge on any atom is 0.121 e. The number of aliphatic hydroxyl groups excluding tert-OH is 1. The van der Waals surface area contributed by atoms with Gasteiger partial charge in [0.15, 0.2) is 0 Å². The Balaban J connectivity index is 2.69. The lowest BCUT2D eigenvalue weighted by molar-refractivity contribution is 0.138. The van der Waals surface area contributed by atoms with Crippen LogP contribution in [0.3, 0.4) is 0 Å². The number of hydrogen-bond donors (Lipinski definition) is 2. The molecule has 0 aliphatic carbocycles. The van der Waals surface area contributed by atoms with Crippen molar-refractivity contribution in [2.75, 3.05) is 26.4 Å². The number of aliphatic hydroxyl groups is 1. The van der Waals surface area contributed by atoms with E-state index >= 15 is 0 Å². The van der Waals surface area contributed by atoms with Gasteiger partial charge in [-0.3, -0.25) is 4.90 Å². The maximum atomic E-state index is 9.27. The molecular formula is C12H20N2O2. The number of anilines is 1. The molecule has 3 N–H and O–H groups in total. The minimum Gasteiger partial charge on any atom is -0.497 e. The summed E-state index contributed by atoms with van der Waals surface area (Å²) >= 11 is 0. The number of hydrogen-bond acceptors (Lipinski definition) is 4. The van der Waals surface area contributed by atoms with E-state index in [0.29, 0.717) is 12.2 Å². The first-order valence-corrected chi connectivity index (χ1v) is 5.31. The van der Waals surface area contributed by atoms with E-state index in [0.717, 1.165) is 17.9 Å². The van der Waals surface area contributed by atoms with Crippen LogP contribution < -0.4 is 10.5 Å². The van der Waals surface area contributed by atoms with Gasteiger partial charge < -0.3 is 15.6 Å². The summed E-state index contributed by atoms with van der Waals surface area (Å²) in [6.07, 6.45) is -0.326. The molecule has 1 unspecified atom stereocenters. The molecule has 0 aliphatic rings. The normalized spacial score (nSPS) is 12.8. The summed E-state index contributed by atoms with van der Waals surface area (Å²) in [5.74, 6) is 0.764. The summed E-state index contributed by atoms with van der Waals surface area (Å²) in [5.41, 5.74) is 7.54. The van der Waals surface area contributed by atoms with Crippen molar-refractivity contribution in [3.05, 3.63) is 23.8 Å². The summed E-state index contributed by atoms with van der Waals surface area (Å²) in [6, 6.07) is 5.66. The average Bonchev–Trinajstić information content (AvgIpc) is 2.14. The van der Waals surface area contributed by atoms with Gasteiger partial charge in [0.1, 0.15) is 5.75 Å². The van der Waals surface area contributed by atoms with Gasteiger partial charge in [-0.2, -0.15) is 0 Å². The van der Waals surface area contributed by atoms with Crippen LogP contribution in [0.4, 0.5) is 5.69 Å². The van der Waals surface area contributed by atoms with E-state index in [1.807, 2.05) is 24.1 Å². The minimum absolute atomic E-state index is 0.326. The third-order valence-electron chi connectivity index (χ3n) is 2.25. The Morgan fingerprint density at radius 2 is 2.12 bits per heavy atom. The number of benzene rings is 1. The largest absolute Gasteiger partial charge is 0.497 e. The quantitative estimate of drug-likeness (QED) is 0.735. The van der Waals surface area contributed by atoms with Crippen molar-refractivity contribution in [3.63, 3.8) is 0 Å². The van der Waals surface area contributed by atoms with Gasteiger partial charge in [0, 0.05) is 24.8 Å². The van der Waals surface area contributed by atoms with Crippen molar-refractivity contribution in [3.8, 4) is 5.75 Å². The molecule has 4 nitrogen and oxygen atoms in total.